The monoisotopic (exact) mass is 417 g/mol. The Kier molecular flexibility index (Phi) is 7.78. The molecule has 0 heterocycles. The molecule has 0 bridgehead atoms. The molecule has 8 heteroatoms. The lowest BCUT2D eigenvalue weighted by Gasteiger charge is -2.21. The maximum Gasteiger partial charge on any atom is 0.255 e. The summed E-state index contributed by atoms with van der Waals surface area (Å²) in [6.45, 7) is 6.15. The SMILES string of the molecule is CCCS(=O)(=O)Nc1cccc(C(=O)Nc2ccccc2CN(CC)C(C)=O)c1. The highest BCUT2D eigenvalue weighted by Crippen LogP contribution is 2.20. The Morgan fingerprint density at radius 1 is 1.03 bits per heavy atom. The van der Waals surface area contributed by atoms with Gasteiger partial charge in [0.15, 0.2) is 0 Å². The van der Waals surface area contributed by atoms with Crippen molar-refractivity contribution in [3.8, 4) is 0 Å². The molecular formula is C21H27N3O4S. The van der Waals surface area contributed by atoms with Crippen LogP contribution in [0.1, 0.15) is 43.1 Å². The third-order valence-corrected chi connectivity index (χ3v) is 5.82. The van der Waals surface area contributed by atoms with Crippen LogP contribution in [0.4, 0.5) is 11.4 Å². The van der Waals surface area contributed by atoms with Gasteiger partial charge in [-0.2, -0.15) is 0 Å². The molecule has 2 amide bonds. The molecule has 0 spiro atoms. The maximum atomic E-state index is 12.7. The minimum atomic E-state index is -3.44. The van der Waals surface area contributed by atoms with Crippen LogP contribution in [-0.2, 0) is 21.4 Å². The van der Waals surface area contributed by atoms with E-state index in [1.807, 2.05) is 19.1 Å². The zero-order valence-electron chi connectivity index (χ0n) is 16.9. The smallest absolute Gasteiger partial charge is 0.255 e. The molecule has 0 atom stereocenters. The van der Waals surface area contributed by atoms with Crippen molar-refractivity contribution in [1.82, 2.24) is 4.90 Å². The van der Waals surface area contributed by atoms with E-state index in [0.29, 0.717) is 36.4 Å². The van der Waals surface area contributed by atoms with Crippen molar-refractivity contribution in [2.45, 2.75) is 33.7 Å². The minimum Gasteiger partial charge on any atom is -0.339 e. The number of anilines is 2. The van der Waals surface area contributed by atoms with Gasteiger partial charge in [0.05, 0.1) is 5.75 Å². The Bertz CT molecular complexity index is 973. The quantitative estimate of drug-likeness (QED) is 0.653. The molecule has 2 aromatic carbocycles. The Morgan fingerprint density at radius 2 is 1.76 bits per heavy atom. The molecule has 0 aromatic heterocycles. The first-order chi connectivity index (χ1) is 13.8. The molecular weight excluding hydrogens is 390 g/mol. The Labute approximate surface area is 172 Å². The molecule has 0 aliphatic heterocycles. The summed E-state index contributed by atoms with van der Waals surface area (Å²) in [5.41, 5.74) is 2.09. The summed E-state index contributed by atoms with van der Waals surface area (Å²) in [7, 11) is -3.44. The van der Waals surface area contributed by atoms with Crippen LogP contribution < -0.4 is 10.0 Å². The fourth-order valence-corrected chi connectivity index (χ4v) is 3.97. The maximum absolute atomic E-state index is 12.7. The van der Waals surface area contributed by atoms with Crippen LogP contribution in [0.25, 0.3) is 0 Å². The van der Waals surface area contributed by atoms with E-state index in [1.54, 1.807) is 42.2 Å². The first-order valence-electron chi connectivity index (χ1n) is 9.51. The first-order valence-corrected chi connectivity index (χ1v) is 11.2. The second kappa shape index (κ2) is 10.1. The Morgan fingerprint density at radius 3 is 2.41 bits per heavy atom. The molecule has 2 aromatic rings. The third-order valence-electron chi connectivity index (χ3n) is 4.32. The molecule has 0 radical (unpaired) electrons. The molecule has 7 nitrogen and oxygen atoms in total. The largest absolute Gasteiger partial charge is 0.339 e. The van der Waals surface area contributed by atoms with E-state index in [-0.39, 0.29) is 17.6 Å². The van der Waals surface area contributed by atoms with Gasteiger partial charge in [-0.25, -0.2) is 8.42 Å². The molecule has 156 valence electrons. The van der Waals surface area contributed by atoms with Crippen LogP contribution in [0.15, 0.2) is 48.5 Å². The van der Waals surface area contributed by atoms with Crippen LogP contribution >= 0.6 is 0 Å². The van der Waals surface area contributed by atoms with Gasteiger partial charge in [0, 0.05) is 37.0 Å². The van der Waals surface area contributed by atoms with E-state index < -0.39 is 10.0 Å². The van der Waals surface area contributed by atoms with Crippen LogP contribution in [0.2, 0.25) is 0 Å². The fourth-order valence-electron chi connectivity index (χ4n) is 2.85. The predicted octanol–water partition coefficient (Wildman–Crippen LogP) is 3.46. The molecule has 2 N–H and O–H groups in total. The van der Waals surface area contributed by atoms with Crippen LogP contribution in [0.3, 0.4) is 0 Å². The van der Waals surface area contributed by atoms with Crippen LogP contribution in [0.5, 0.6) is 0 Å². The summed E-state index contributed by atoms with van der Waals surface area (Å²) in [6, 6.07) is 13.6. The van der Waals surface area contributed by atoms with Crippen molar-refractivity contribution in [2.75, 3.05) is 22.3 Å². The van der Waals surface area contributed by atoms with Gasteiger partial charge in [0.2, 0.25) is 15.9 Å². The average Bonchev–Trinajstić information content (AvgIpc) is 2.66. The van der Waals surface area contributed by atoms with Gasteiger partial charge in [-0.05, 0) is 43.2 Å². The number of nitrogens with zero attached hydrogens (tertiary/aromatic N) is 1. The highest BCUT2D eigenvalue weighted by Gasteiger charge is 2.14. The van der Waals surface area contributed by atoms with E-state index in [4.69, 9.17) is 0 Å². The number of benzene rings is 2. The lowest BCUT2D eigenvalue weighted by Crippen LogP contribution is -2.28. The van der Waals surface area contributed by atoms with Gasteiger partial charge < -0.3 is 10.2 Å². The summed E-state index contributed by atoms with van der Waals surface area (Å²) in [6.07, 6.45) is 0.501. The Hall–Kier alpha value is -2.87. The summed E-state index contributed by atoms with van der Waals surface area (Å²) < 4.78 is 26.4. The van der Waals surface area contributed by atoms with Crippen molar-refractivity contribution in [1.29, 1.82) is 0 Å². The van der Waals surface area contributed by atoms with Gasteiger partial charge >= 0.3 is 0 Å². The van der Waals surface area contributed by atoms with E-state index >= 15 is 0 Å². The second-order valence-corrected chi connectivity index (χ2v) is 8.49. The second-order valence-electron chi connectivity index (χ2n) is 6.65. The molecule has 0 unspecified atom stereocenters. The van der Waals surface area contributed by atoms with Crippen molar-refractivity contribution in [3.05, 3.63) is 59.7 Å². The number of carbonyl (C=O) groups excluding carboxylic acids is 2. The van der Waals surface area contributed by atoms with Crippen molar-refractivity contribution >= 4 is 33.2 Å². The molecule has 29 heavy (non-hydrogen) atoms. The average molecular weight is 418 g/mol. The topological polar surface area (TPSA) is 95.6 Å². The van der Waals surface area contributed by atoms with Crippen molar-refractivity contribution < 1.29 is 18.0 Å². The zero-order chi connectivity index (χ0) is 21.4. The summed E-state index contributed by atoms with van der Waals surface area (Å²) in [5.74, 6) is -0.388. The van der Waals surface area contributed by atoms with Gasteiger partial charge in [-0.15, -0.1) is 0 Å². The van der Waals surface area contributed by atoms with Crippen molar-refractivity contribution in [3.63, 3.8) is 0 Å². The summed E-state index contributed by atoms with van der Waals surface area (Å²) in [5, 5.41) is 2.86. The highest BCUT2D eigenvalue weighted by atomic mass is 32.2. The van der Waals surface area contributed by atoms with Gasteiger partial charge in [0.25, 0.3) is 5.91 Å². The van der Waals surface area contributed by atoms with E-state index in [1.165, 1.54) is 13.0 Å². The molecule has 0 aliphatic rings. The Balaban J connectivity index is 2.19. The minimum absolute atomic E-state index is 0.0148. The number of rotatable bonds is 9. The van der Waals surface area contributed by atoms with Crippen LogP contribution in [0, 0.1) is 0 Å². The van der Waals surface area contributed by atoms with Crippen molar-refractivity contribution in [2.24, 2.45) is 0 Å². The fraction of sp³-hybridized carbons (Fsp3) is 0.333. The number of amides is 2. The third kappa shape index (κ3) is 6.60. The molecule has 2 rings (SSSR count). The van der Waals surface area contributed by atoms with E-state index in [0.717, 1.165) is 5.56 Å². The number of carbonyl (C=O) groups is 2. The number of para-hydroxylation sites is 1. The zero-order valence-corrected chi connectivity index (χ0v) is 17.8. The highest BCUT2D eigenvalue weighted by molar-refractivity contribution is 7.92. The lowest BCUT2D eigenvalue weighted by atomic mass is 10.1. The number of hydrogen-bond donors (Lipinski definition) is 2. The van der Waals surface area contributed by atoms with Crippen LogP contribution in [-0.4, -0.2) is 37.4 Å². The lowest BCUT2D eigenvalue weighted by molar-refractivity contribution is -0.129. The first kappa shape index (κ1) is 22.4. The molecule has 0 aliphatic carbocycles. The van der Waals surface area contributed by atoms with Gasteiger partial charge in [0.1, 0.15) is 0 Å². The predicted molar refractivity (Wildman–Crippen MR) is 115 cm³/mol. The van der Waals surface area contributed by atoms with Gasteiger partial charge in [-0.3, -0.25) is 14.3 Å². The van der Waals surface area contributed by atoms with E-state index in [2.05, 4.69) is 10.0 Å². The summed E-state index contributed by atoms with van der Waals surface area (Å²) >= 11 is 0. The standard InChI is InChI=1S/C21H27N3O4S/c1-4-13-29(27,28)23-19-11-8-10-17(14-19)21(26)22-20-12-7-6-9-18(20)15-24(5-2)16(3)25/h6-12,14,23H,4-5,13,15H2,1-3H3,(H,22,26). The number of hydrogen-bond acceptors (Lipinski definition) is 4. The molecule has 0 saturated heterocycles. The molecule has 0 saturated carbocycles. The number of sulfonamides is 1. The number of nitrogens with one attached hydrogen (secondary N) is 2. The molecule has 0 fully saturated rings. The van der Waals surface area contributed by atoms with Gasteiger partial charge in [-0.1, -0.05) is 31.2 Å². The normalized spacial score (nSPS) is 11.0. The summed E-state index contributed by atoms with van der Waals surface area (Å²) in [4.78, 5) is 26.1. The van der Waals surface area contributed by atoms with E-state index in [9.17, 15) is 18.0 Å².